The summed E-state index contributed by atoms with van der Waals surface area (Å²) in [5, 5.41) is 17.0. The number of fused-ring (bicyclic) bond motifs is 1. The Labute approximate surface area is 170 Å². The molecule has 1 amide bonds. The highest BCUT2D eigenvalue weighted by molar-refractivity contribution is 6.39. The molecule has 29 heavy (non-hydrogen) atoms. The van der Waals surface area contributed by atoms with Crippen molar-refractivity contribution in [3.63, 3.8) is 0 Å². The maximum absolute atomic E-state index is 13.2. The van der Waals surface area contributed by atoms with E-state index in [-0.39, 0.29) is 16.4 Å². The number of carbonyl (C=O) groups is 1. The number of benzene rings is 2. The van der Waals surface area contributed by atoms with Gasteiger partial charge in [-0.05, 0) is 43.3 Å². The molecule has 1 N–H and O–H groups in total. The van der Waals surface area contributed by atoms with Gasteiger partial charge in [-0.1, -0.05) is 23.7 Å². The third-order valence-corrected chi connectivity index (χ3v) is 4.81. The van der Waals surface area contributed by atoms with Gasteiger partial charge in [0.1, 0.15) is 11.9 Å². The van der Waals surface area contributed by atoms with Crippen LogP contribution in [-0.4, -0.2) is 20.7 Å². The zero-order valence-electron chi connectivity index (χ0n) is 15.1. The molecule has 0 bridgehead atoms. The number of halogens is 2. The van der Waals surface area contributed by atoms with Crippen molar-refractivity contribution in [1.82, 2.24) is 14.8 Å². The second kappa shape index (κ2) is 7.34. The molecule has 6 nitrogen and oxygen atoms in total. The minimum Gasteiger partial charge on any atom is -0.321 e. The topological polar surface area (TPSA) is 83.6 Å². The maximum Gasteiger partial charge on any atom is 0.258 e. The summed E-state index contributed by atoms with van der Waals surface area (Å²) in [6.07, 6.45) is 1.36. The largest absolute Gasteiger partial charge is 0.321 e. The van der Waals surface area contributed by atoms with Crippen molar-refractivity contribution in [3.8, 4) is 11.8 Å². The number of hydrogen-bond donors (Lipinski definition) is 1. The van der Waals surface area contributed by atoms with Crippen LogP contribution in [0.2, 0.25) is 5.02 Å². The molecule has 142 valence electrons. The molecule has 8 heteroatoms. The van der Waals surface area contributed by atoms with Gasteiger partial charge in [-0.2, -0.15) is 10.4 Å². The van der Waals surface area contributed by atoms with Crippen molar-refractivity contribution >= 4 is 34.2 Å². The third kappa shape index (κ3) is 3.30. The Kier molecular flexibility index (Phi) is 4.71. The first-order valence-corrected chi connectivity index (χ1v) is 8.97. The van der Waals surface area contributed by atoms with Crippen molar-refractivity contribution in [1.29, 1.82) is 5.26 Å². The minimum absolute atomic E-state index is 0.161. The molecule has 4 rings (SSSR count). The second-order valence-electron chi connectivity index (χ2n) is 6.27. The van der Waals surface area contributed by atoms with Gasteiger partial charge in [0.15, 0.2) is 5.65 Å². The van der Waals surface area contributed by atoms with Gasteiger partial charge in [0.05, 0.1) is 38.6 Å². The van der Waals surface area contributed by atoms with Crippen molar-refractivity contribution in [3.05, 3.63) is 82.4 Å². The van der Waals surface area contributed by atoms with E-state index < -0.39 is 5.91 Å². The number of anilines is 1. The number of hydrogen-bond acceptors (Lipinski definition) is 4. The highest BCUT2D eigenvalue weighted by atomic mass is 35.5. The minimum atomic E-state index is -0.485. The summed E-state index contributed by atoms with van der Waals surface area (Å²) in [5.41, 5.74) is 2.53. The van der Waals surface area contributed by atoms with Gasteiger partial charge in [-0.15, -0.1) is 0 Å². The summed E-state index contributed by atoms with van der Waals surface area (Å²) in [7, 11) is 0. The van der Waals surface area contributed by atoms with Crippen molar-refractivity contribution < 1.29 is 9.18 Å². The van der Waals surface area contributed by atoms with Crippen LogP contribution in [0.25, 0.3) is 16.7 Å². The van der Waals surface area contributed by atoms with Gasteiger partial charge in [0.2, 0.25) is 0 Å². The number of carbonyl (C=O) groups excluding carboxylic acids is 1. The lowest BCUT2D eigenvalue weighted by molar-refractivity contribution is 0.102. The highest BCUT2D eigenvalue weighted by Crippen LogP contribution is 2.30. The van der Waals surface area contributed by atoms with Gasteiger partial charge in [-0.25, -0.2) is 14.1 Å². The fourth-order valence-corrected chi connectivity index (χ4v) is 3.36. The summed E-state index contributed by atoms with van der Waals surface area (Å²) in [4.78, 5) is 17.1. The van der Waals surface area contributed by atoms with E-state index in [4.69, 9.17) is 11.6 Å². The Morgan fingerprint density at radius 1 is 1.21 bits per heavy atom. The summed E-state index contributed by atoms with van der Waals surface area (Å²) >= 11 is 6.53. The van der Waals surface area contributed by atoms with E-state index in [0.717, 1.165) is 0 Å². The molecule has 0 aliphatic carbocycles. The van der Waals surface area contributed by atoms with Gasteiger partial charge < -0.3 is 5.32 Å². The van der Waals surface area contributed by atoms with E-state index in [1.165, 1.54) is 18.3 Å². The first kappa shape index (κ1) is 18.6. The molecular weight excluding hydrogens is 393 g/mol. The van der Waals surface area contributed by atoms with E-state index in [1.807, 2.05) is 6.07 Å². The van der Waals surface area contributed by atoms with Crippen LogP contribution in [0.15, 0.2) is 54.7 Å². The molecule has 4 aromatic rings. The number of aryl methyl sites for hydroxylation is 1. The lowest BCUT2D eigenvalue weighted by Crippen LogP contribution is -2.14. The molecule has 0 radical (unpaired) electrons. The van der Waals surface area contributed by atoms with E-state index in [9.17, 15) is 14.4 Å². The van der Waals surface area contributed by atoms with Gasteiger partial charge in [0, 0.05) is 6.20 Å². The highest BCUT2D eigenvalue weighted by Gasteiger charge is 2.20. The lowest BCUT2D eigenvalue weighted by atomic mass is 10.1. The van der Waals surface area contributed by atoms with Crippen LogP contribution in [-0.2, 0) is 0 Å². The zero-order chi connectivity index (χ0) is 20.5. The van der Waals surface area contributed by atoms with Crippen LogP contribution in [0.5, 0.6) is 0 Å². The van der Waals surface area contributed by atoms with E-state index >= 15 is 0 Å². The second-order valence-corrected chi connectivity index (χ2v) is 6.65. The number of nitriles is 1. The van der Waals surface area contributed by atoms with E-state index in [0.29, 0.717) is 33.7 Å². The Balaban J connectivity index is 1.77. The quantitative estimate of drug-likeness (QED) is 0.538. The SMILES string of the molecule is Cc1nn(-c2ccc(F)cc2)c2ncc(C(=O)Nc3ccccc3C#N)c(Cl)c12. The van der Waals surface area contributed by atoms with Gasteiger partial charge >= 0.3 is 0 Å². The molecule has 0 fully saturated rings. The zero-order valence-corrected chi connectivity index (χ0v) is 15.9. The number of aromatic nitrogens is 3. The number of amides is 1. The maximum atomic E-state index is 13.2. The van der Waals surface area contributed by atoms with Crippen molar-refractivity contribution in [2.75, 3.05) is 5.32 Å². The first-order valence-electron chi connectivity index (χ1n) is 8.60. The van der Waals surface area contributed by atoms with Crippen LogP contribution in [0.3, 0.4) is 0 Å². The Morgan fingerprint density at radius 3 is 2.66 bits per heavy atom. The summed E-state index contributed by atoms with van der Waals surface area (Å²) in [6, 6.07) is 14.5. The van der Waals surface area contributed by atoms with Crippen LogP contribution in [0.1, 0.15) is 21.6 Å². The average Bonchev–Trinajstić information content (AvgIpc) is 3.06. The van der Waals surface area contributed by atoms with Gasteiger partial charge in [-0.3, -0.25) is 4.79 Å². The molecule has 0 unspecified atom stereocenters. The van der Waals surface area contributed by atoms with Crippen LogP contribution >= 0.6 is 11.6 Å². The molecule has 0 atom stereocenters. The number of rotatable bonds is 3. The van der Waals surface area contributed by atoms with Crippen molar-refractivity contribution in [2.24, 2.45) is 0 Å². The standard InChI is InChI=1S/C21H13ClFN5O/c1-12-18-19(22)16(21(29)26-17-5-3-2-4-13(17)10-24)11-25-20(18)28(27-12)15-8-6-14(23)7-9-15/h2-9,11H,1H3,(H,26,29). The number of nitrogens with zero attached hydrogens (tertiary/aromatic N) is 4. The molecule has 2 aromatic heterocycles. The Hall–Kier alpha value is -3.76. The molecule has 0 saturated carbocycles. The van der Waals surface area contributed by atoms with Crippen LogP contribution < -0.4 is 5.32 Å². The summed E-state index contributed by atoms with van der Waals surface area (Å²) < 4.78 is 14.8. The summed E-state index contributed by atoms with van der Waals surface area (Å²) in [5.74, 6) is -0.842. The molecule has 0 aliphatic rings. The first-order chi connectivity index (χ1) is 14.0. The smallest absolute Gasteiger partial charge is 0.258 e. The van der Waals surface area contributed by atoms with Crippen LogP contribution in [0, 0.1) is 24.1 Å². The Bertz CT molecular complexity index is 1290. The van der Waals surface area contributed by atoms with E-state index in [2.05, 4.69) is 15.4 Å². The Morgan fingerprint density at radius 2 is 1.93 bits per heavy atom. The normalized spacial score (nSPS) is 10.7. The molecule has 2 aromatic carbocycles. The van der Waals surface area contributed by atoms with E-state index in [1.54, 1.807) is 48.0 Å². The summed E-state index contributed by atoms with van der Waals surface area (Å²) in [6.45, 7) is 1.75. The molecule has 2 heterocycles. The fourth-order valence-electron chi connectivity index (χ4n) is 3.01. The number of para-hydroxylation sites is 1. The molecule has 0 aliphatic heterocycles. The predicted molar refractivity (Wildman–Crippen MR) is 108 cm³/mol. The molecule has 0 spiro atoms. The average molecular weight is 406 g/mol. The van der Waals surface area contributed by atoms with Gasteiger partial charge in [0.25, 0.3) is 5.91 Å². The number of pyridine rings is 1. The predicted octanol–water partition coefficient (Wildman–Crippen LogP) is 4.65. The molecule has 0 saturated heterocycles. The molecular formula is C21H13ClFN5O. The third-order valence-electron chi connectivity index (χ3n) is 4.42. The fraction of sp³-hybridized carbons (Fsp3) is 0.0476. The number of nitrogens with one attached hydrogen (secondary N) is 1. The lowest BCUT2D eigenvalue weighted by Gasteiger charge is -2.09. The van der Waals surface area contributed by atoms with Crippen LogP contribution in [0.4, 0.5) is 10.1 Å². The monoisotopic (exact) mass is 405 g/mol. The van der Waals surface area contributed by atoms with Crippen molar-refractivity contribution in [2.45, 2.75) is 6.92 Å².